The highest BCUT2D eigenvalue weighted by molar-refractivity contribution is 6.73. The van der Waals surface area contributed by atoms with E-state index in [1.54, 1.807) is 6.20 Å². The standard InChI is InChI=1S/C22H35ClFNOSi/c1-6-27(7-2,8-3)26-20(21-18(23)13-25-14-19(21)24)10-9-15-11-16-17(12-15)22(16,4)5/h13-17,20H,6-12H2,1-5H3/t15?,16-,17+,20?. The van der Waals surface area contributed by atoms with E-state index in [-0.39, 0.29) is 11.9 Å². The van der Waals surface area contributed by atoms with Gasteiger partial charge in [0.25, 0.3) is 0 Å². The first kappa shape index (κ1) is 21.3. The summed E-state index contributed by atoms with van der Waals surface area (Å²) in [5.74, 6) is 2.23. The molecule has 2 aliphatic carbocycles. The topological polar surface area (TPSA) is 22.1 Å². The summed E-state index contributed by atoms with van der Waals surface area (Å²) in [5, 5.41) is 0.404. The molecule has 0 bridgehead atoms. The van der Waals surface area contributed by atoms with Crippen LogP contribution in [0.4, 0.5) is 4.39 Å². The summed E-state index contributed by atoms with van der Waals surface area (Å²) in [6, 6.07) is 3.17. The van der Waals surface area contributed by atoms with Gasteiger partial charge in [-0.1, -0.05) is 46.2 Å². The Bertz CT molecular complexity index is 621. The molecule has 0 spiro atoms. The monoisotopic (exact) mass is 411 g/mol. The number of halogens is 2. The van der Waals surface area contributed by atoms with E-state index in [2.05, 4.69) is 39.6 Å². The van der Waals surface area contributed by atoms with Gasteiger partial charge >= 0.3 is 0 Å². The van der Waals surface area contributed by atoms with Crippen molar-refractivity contribution >= 4 is 19.9 Å². The number of fused-ring (bicyclic) bond motifs is 1. The zero-order valence-electron chi connectivity index (χ0n) is 17.5. The number of aromatic nitrogens is 1. The molecular formula is C22H35ClFNOSi. The minimum atomic E-state index is -1.86. The Hall–Kier alpha value is -0.453. The number of rotatable bonds is 9. The first-order chi connectivity index (χ1) is 12.8. The summed E-state index contributed by atoms with van der Waals surface area (Å²) in [6.07, 6.45) is 7.21. The molecule has 2 saturated carbocycles. The van der Waals surface area contributed by atoms with Crippen molar-refractivity contribution in [2.24, 2.45) is 23.2 Å². The molecule has 2 nitrogen and oxygen atoms in total. The first-order valence-corrected chi connectivity index (χ1v) is 13.6. The van der Waals surface area contributed by atoms with E-state index in [9.17, 15) is 4.39 Å². The van der Waals surface area contributed by atoms with Crippen LogP contribution in [0.25, 0.3) is 0 Å². The Balaban J connectivity index is 1.74. The lowest BCUT2D eigenvalue weighted by Gasteiger charge is -2.34. The molecule has 2 fully saturated rings. The maximum absolute atomic E-state index is 14.6. The molecule has 0 saturated heterocycles. The number of pyridine rings is 1. The third kappa shape index (κ3) is 4.13. The van der Waals surface area contributed by atoms with Gasteiger partial charge in [-0.15, -0.1) is 0 Å². The van der Waals surface area contributed by atoms with Gasteiger partial charge in [0, 0.05) is 11.8 Å². The van der Waals surface area contributed by atoms with Gasteiger partial charge in [0.1, 0.15) is 5.82 Å². The lowest BCUT2D eigenvalue weighted by atomic mass is 9.88. The van der Waals surface area contributed by atoms with E-state index in [0.29, 0.717) is 16.0 Å². The maximum atomic E-state index is 14.6. The first-order valence-electron chi connectivity index (χ1n) is 10.7. The van der Waals surface area contributed by atoms with Crippen LogP contribution in [-0.4, -0.2) is 13.3 Å². The lowest BCUT2D eigenvalue weighted by Crippen LogP contribution is -2.37. The van der Waals surface area contributed by atoms with E-state index in [1.807, 2.05) is 0 Å². The van der Waals surface area contributed by atoms with Crippen molar-refractivity contribution in [3.8, 4) is 0 Å². The van der Waals surface area contributed by atoms with E-state index < -0.39 is 8.32 Å². The van der Waals surface area contributed by atoms with Crippen LogP contribution in [0.2, 0.25) is 23.2 Å². The zero-order valence-corrected chi connectivity index (χ0v) is 19.3. The van der Waals surface area contributed by atoms with Crippen molar-refractivity contribution in [1.29, 1.82) is 0 Å². The Kier molecular flexibility index (Phi) is 6.39. The fourth-order valence-electron chi connectivity index (χ4n) is 5.52. The van der Waals surface area contributed by atoms with Crippen LogP contribution in [-0.2, 0) is 4.43 Å². The Labute approximate surface area is 170 Å². The second-order valence-electron chi connectivity index (χ2n) is 9.32. The summed E-state index contributed by atoms with van der Waals surface area (Å²) < 4.78 is 21.4. The summed E-state index contributed by atoms with van der Waals surface area (Å²) in [5.41, 5.74) is 1.09. The van der Waals surface area contributed by atoms with Crippen molar-refractivity contribution in [2.45, 2.75) is 84.5 Å². The highest BCUT2D eigenvalue weighted by Crippen LogP contribution is 2.68. The lowest BCUT2D eigenvalue weighted by molar-refractivity contribution is 0.161. The van der Waals surface area contributed by atoms with Crippen molar-refractivity contribution in [3.05, 3.63) is 28.8 Å². The molecule has 27 heavy (non-hydrogen) atoms. The second-order valence-corrected chi connectivity index (χ2v) is 14.4. The smallest absolute Gasteiger partial charge is 0.192 e. The fraction of sp³-hybridized carbons (Fsp3) is 0.773. The van der Waals surface area contributed by atoms with Crippen LogP contribution in [0, 0.1) is 29.0 Å². The zero-order chi connectivity index (χ0) is 19.8. The highest BCUT2D eigenvalue weighted by Gasteiger charge is 2.61. The Morgan fingerprint density at radius 2 is 1.78 bits per heavy atom. The van der Waals surface area contributed by atoms with Gasteiger partial charge in [0.15, 0.2) is 8.32 Å². The average molecular weight is 412 g/mol. The van der Waals surface area contributed by atoms with Gasteiger partial charge in [0.2, 0.25) is 0 Å². The quantitative estimate of drug-likeness (QED) is 0.395. The number of hydrogen-bond donors (Lipinski definition) is 0. The molecule has 5 heteroatoms. The predicted octanol–water partition coefficient (Wildman–Crippen LogP) is 7.40. The van der Waals surface area contributed by atoms with Crippen LogP contribution in [0.5, 0.6) is 0 Å². The minimum absolute atomic E-state index is 0.239. The van der Waals surface area contributed by atoms with Crippen LogP contribution < -0.4 is 0 Å². The summed E-state index contributed by atoms with van der Waals surface area (Å²) in [4.78, 5) is 3.90. The molecule has 152 valence electrons. The Morgan fingerprint density at radius 3 is 2.30 bits per heavy atom. The van der Waals surface area contributed by atoms with E-state index in [4.69, 9.17) is 16.0 Å². The normalized spacial score (nSPS) is 27.4. The molecule has 0 N–H and O–H groups in total. The van der Waals surface area contributed by atoms with Crippen LogP contribution in [0.1, 0.15) is 72.0 Å². The van der Waals surface area contributed by atoms with Gasteiger partial charge in [0.05, 0.1) is 17.3 Å². The van der Waals surface area contributed by atoms with Gasteiger partial charge in [-0.3, -0.25) is 4.98 Å². The van der Waals surface area contributed by atoms with Gasteiger partial charge in [-0.2, -0.15) is 0 Å². The van der Waals surface area contributed by atoms with Crippen LogP contribution in [0.15, 0.2) is 12.4 Å². The largest absolute Gasteiger partial charge is 0.410 e. The molecule has 0 radical (unpaired) electrons. The molecule has 4 atom stereocenters. The molecule has 0 aromatic carbocycles. The van der Waals surface area contributed by atoms with Crippen molar-refractivity contribution < 1.29 is 8.82 Å². The van der Waals surface area contributed by atoms with Crippen LogP contribution in [0.3, 0.4) is 0 Å². The molecule has 1 aromatic heterocycles. The van der Waals surface area contributed by atoms with Gasteiger partial charge in [-0.05, 0) is 67.0 Å². The van der Waals surface area contributed by atoms with E-state index in [0.717, 1.165) is 48.7 Å². The predicted molar refractivity (Wildman–Crippen MR) is 113 cm³/mol. The van der Waals surface area contributed by atoms with Gasteiger partial charge < -0.3 is 4.43 Å². The molecule has 2 unspecified atom stereocenters. The molecule has 1 heterocycles. The number of nitrogens with zero attached hydrogens (tertiary/aromatic N) is 1. The third-order valence-electron chi connectivity index (χ3n) is 7.84. The average Bonchev–Trinajstić information content (AvgIpc) is 3.00. The van der Waals surface area contributed by atoms with Gasteiger partial charge in [-0.25, -0.2) is 4.39 Å². The van der Waals surface area contributed by atoms with Crippen molar-refractivity contribution in [2.75, 3.05) is 0 Å². The fourth-order valence-corrected chi connectivity index (χ4v) is 8.63. The van der Waals surface area contributed by atoms with Crippen molar-refractivity contribution in [3.63, 3.8) is 0 Å². The summed E-state index contributed by atoms with van der Waals surface area (Å²) >= 11 is 6.38. The van der Waals surface area contributed by atoms with Crippen molar-refractivity contribution in [1.82, 2.24) is 4.98 Å². The number of hydrogen-bond acceptors (Lipinski definition) is 2. The summed E-state index contributed by atoms with van der Waals surface area (Å²) in [7, 11) is -1.86. The second kappa shape index (κ2) is 8.12. The van der Waals surface area contributed by atoms with Crippen LogP contribution >= 0.6 is 11.6 Å². The Morgan fingerprint density at radius 1 is 1.19 bits per heavy atom. The minimum Gasteiger partial charge on any atom is -0.410 e. The molecule has 0 aliphatic heterocycles. The van der Waals surface area contributed by atoms with E-state index >= 15 is 0 Å². The third-order valence-corrected chi connectivity index (χ3v) is 12.8. The molecule has 3 rings (SSSR count). The van der Waals surface area contributed by atoms with E-state index in [1.165, 1.54) is 19.0 Å². The SMILES string of the molecule is CC[Si](CC)(CC)OC(CCC1C[C@@H]2[C@H](C1)C2(C)C)c1c(F)cncc1Cl. The highest BCUT2D eigenvalue weighted by atomic mass is 35.5. The summed E-state index contributed by atoms with van der Waals surface area (Å²) in [6.45, 7) is 11.5. The maximum Gasteiger partial charge on any atom is 0.192 e. The molecule has 0 amide bonds. The molecular weight excluding hydrogens is 377 g/mol. The molecule has 1 aromatic rings. The molecule has 2 aliphatic rings.